The number of methoxy groups -OCH3 is 1. The Balaban J connectivity index is 1.85. The Morgan fingerprint density at radius 3 is 2.93 bits per heavy atom. The third-order valence-corrected chi connectivity index (χ3v) is 5.30. The first-order valence-electron chi connectivity index (χ1n) is 9.04. The summed E-state index contributed by atoms with van der Waals surface area (Å²) in [6.07, 6.45) is 7.02. The number of pyridine rings is 1. The Kier molecular flexibility index (Phi) is 7.79. The molecule has 0 radical (unpaired) electrons. The fourth-order valence-corrected chi connectivity index (χ4v) is 3.68. The van der Waals surface area contributed by atoms with Crippen molar-refractivity contribution >= 4 is 15.9 Å². The van der Waals surface area contributed by atoms with Crippen LogP contribution < -0.4 is 26.3 Å². The van der Waals surface area contributed by atoms with Crippen LogP contribution in [0.5, 0.6) is 11.5 Å². The van der Waals surface area contributed by atoms with Gasteiger partial charge in [0.1, 0.15) is 4.60 Å². The molecule has 1 aromatic heterocycles. The second-order valence-corrected chi connectivity index (χ2v) is 7.73. The Bertz CT molecular complexity index is 695. The molecule has 1 saturated heterocycles. The van der Waals surface area contributed by atoms with Gasteiger partial charge in [-0.15, -0.1) is 0 Å². The summed E-state index contributed by atoms with van der Waals surface area (Å²) in [4.78, 5) is 6.60. The summed E-state index contributed by atoms with van der Waals surface area (Å²) in [5.74, 6) is 1.34. The highest BCUT2D eigenvalue weighted by atomic mass is 79.9. The van der Waals surface area contributed by atoms with Crippen molar-refractivity contribution < 1.29 is 9.47 Å². The molecule has 0 aliphatic carbocycles. The van der Waals surface area contributed by atoms with E-state index in [-0.39, 0.29) is 5.41 Å². The fourth-order valence-electron chi connectivity index (χ4n) is 3.37. The van der Waals surface area contributed by atoms with Gasteiger partial charge in [-0.1, -0.05) is 6.92 Å². The van der Waals surface area contributed by atoms with Crippen LogP contribution in [0.25, 0.3) is 0 Å². The third-order valence-electron chi connectivity index (χ3n) is 4.87. The monoisotopic (exact) mass is 439 g/mol. The maximum absolute atomic E-state index is 5.87. The van der Waals surface area contributed by atoms with E-state index in [1.807, 2.05) is 19.2 Å². The fraction of sp³-hybridized carbons (Fsp3) is 0.526. The van der Waals surface area contributed by atoms with Gasteiger partial charge in [-0.3, -0.25) is 0 Å². The molecule has 1 unspecified atom stereocenters. The average molecular weight is 440 g/mol. The van der Waals surface area contributed by atoms with Crippen molar-refractivity contribution in [2.45, 2.75) is 19.8 Å². The van der Waals surface area contributed by atoms with Gasteiger partial charge in [0, 0.05) is 49.2 Å². The van der Waals surface area contributed by atoms with Gasteiger partial charge in [0.15, 0.2) is 11.5 Å². The quantitative estimate of drug-likeness (QED) is 0.308. The van der Waals surface area contributed by atoms with Crippen LogP contribution >= 0.6 is 15.9 Å². The molecule has 27 heavy (non-hydrogen) atoms. The highest BCUT2D eigenvalue weighted by Gasteiger charge is 2.36. The minimum atomic E-state index is 0.0441. The first-order valence-corrected chi connectivity index (χ1v) is 9.83. The molecule has 1 aliphatic heterocycles. The lowest BCUT2D eigenvalue weighted by Gasteiger charge is -2.28. The van der Waals surface area contributed by atoms with Crippen molar-refractivity contribution in [1.82, 2.24) is 15.2 Å². The maximum Gasteiger partial charge on any atom is 0.179 e. The predicted octanol–water partition coefficient (Wildman–Crippen LogP) is 2.20. The normalized spacial score (nSPS) is 21.3. The average Bonchev–Trinajstić information content (AvgIpc) is 3.05. The Morgan fingerprint density at radius 2 is 2.26 bits per heavy atom. The predicted molar refractivity (Wildman–Crippen MR) is 111 cm³/mol. The lowest BCUT2D eigenvalue weighted by Crippen LogP contribution is -2.32. The summed E-state index contributed by atoms with van der Waals surface area (Å²) in [5.41, 5.74) is 13.1. The zero-order valence-corrected chi connectivity index (χ0v) is 17.9. The van der Waals surface area contributed by atoms with Crippen LogP contribution in [0, 0.1) is 5.41 Å². The van der Waals surface area contributed by atoms with Gasteiger partial charge in [0.05, 0.1) is 19.9 Å². The smallest absolute Gasteiger partial charge is 0.179 e. The molecule has 1 fully saturated rings. The summed E-state index contributed by atoms with van der Waals surface area (Å²) in [5, 5.41) is 3.29. The lowest BCUT2D eigenvalue weighted by atomic mass is 9.85. The number of likely N-dealkylation sites (tertiary alicyclic amines) is 1. The number of rotatable bonds is 9. The first kappa shape index (κ1) is 21.4. The summed E-state index contributed by atoms with van der Waals surface area (Å²) in [6.45, 7) is 5.88. The number of ether oxygens (including phenoxy) is 2. The molecule has 2 rings (SSSR count). The van der Waals surface area contributed by atoms with Crippen molar-refractivity contribution in [1.29, 1.82) is 0 Å². The van der Waals surface area contributed by atoms with E-state index in [9.17, 15) is 0 Å². The van der Waals surface area contributed by atoms with Gasteiger partial charge in [-0.2, -0.15) is 0 Å². The molecule has 0 aromatic carbocycles. The molecule has 1 aliphatic rings. The summed E-state index contributed by atoms with van der Waals surface area (Å²) >= 11 is 3.36. The van der Waals surface area contributed by atoms with Crippen molar-refractivity contribution in [3.05, 3.63) is 40.5 Å². The van der Waals surface area contributed by atoms with E-state index >= 15 is 0 Å². The van der Waals surface area contributed by atoms with Gasteiger partial charge in [-0.25, -0.2) is 4.98 Å². The molecule has 0 amide bonds. The summed E-state index contributed by atoms with van der Waals surface area (Å²) in [6, 6.07) is 1.82. The molecule has 0 saturated carbocycles. The van der Waals surface area contributed by atoms with Crippen LogP contribution in [0.3, 0.4) is 0 Å². The van der Waals surface area contributed by atoms with E-state index < -0.39 is 0 Å². The van der Waals surface area contributed by atoms with Gasteiger partial charge in [0.2, 0.25) is 0 Å². The molecular formula is C19H30BrN5O2. The second kappa shape index (κ2) is 9.85. The molecule has 150 valence electrons. The van der Waals surface area contributed by atoms with Crippen molar-refractivity contribution in [2.75, 3.05) is 40.4 Å². The molecule has 8 heteroatoms. The van der Waals surface area contributed by atoms with Crippen LogP contribution in [0.15, 0.2) is 40.5 Å². The zero-order chi connectivity index (χ0) is 19.9. The van der Waals surface area contributed by atoms with Gasteiger partial charge >= 0.3 is 0 Å². The third kappa shape index (κ3) is 5.77. The van der Waals surface area contributed by atoms with Gasteiger partial charge < -0.3 is 31.2 Å². The van der Waals surface area contributed by atoms with Gasteiger partial charge in [-0.05, 0) is 41.4 Å². The molecule has 0 spiro atoms. The van der Waals surface area contributed by atoms with E-state index in [2.05, 4.69) is 38.1 Å². The number of aromatic nitrogens is 1. The van der Waals surface area contributed by atoms with Crippen molar-refractivity contribution in [3.63, 3.8) is 0 Å². The highest BCUT2D eigenvalue weighted by Crippen LogP contribution is 2.36. The van der Waals surface area contributed by atoms with Crippen LogP contribution in [0.4, 0.5) is 0 Å². The van der Waals surface area contributed by atoms with Crippen LogP contribution in [-0.4, -0.2) is 50.3 Å². The second-order valence-electron chi connectivity index (χ2n) is 6.92. The molecule has 1 aromatic rings. The van der Waals surface area contributed by atoms with E-state index in [1.165, 1.54) is 6.20 Å². The number of hydrogen-bond acceptors (Lipinski definition) is 7. The summed E-state index contributed by atoms with van der Waals surface area (Å²) < 4.78 is 11.9. The van der Waals surface area contributed by atoms with E-state index in [0.717, 1.165) is 42.8 Å². The SMILES string of the molecule is CN/C(=C/C(N)=C\N)C1(C)CCN(CCCOc2cc(Br)ncc2OC)C1. The van der Waals surface area contributed by atoms with Crippen molar-refractivity contribution in [3.8, 4) is 11.5 Å². The highest BCUT2D eigenvalue weighted by molar-refractivity contribution is 9.10. The maximum atomic E-state index is 5.87. The van der Waals surface area contributed by atoms with Crippen LogP contribution in [0.1, 0.15) is 19.8 Å². The minimum Gasteiger partial charge on any atom is -0.491 e. The van der Waals surface area contributed by atoms with E-state index in [4.69, 9.17) is 20.9 Å². The molecule has 0 bridgehead atoms. The molecule has 7 nitrogen and oxygen atoms in total. The lowest BCUT2D eigenvalue weighted by molar-refractivity contribution is 0.242. The Morgan fingerprint density at radius 1 is 1.48 bits per heavy atom. The first-order chi connectivity index (χ1) is 12.9. The number of nitrogens with two attached hydrogens (primary N) is 2. The molecular weight excluding hydrogens is 410 g/mol. The Labute approximate surface area is 169 Å². The Hall–Kier alpha value is -1.93. The van der Waals surface area contributed by atoms with Crippen LogP contribution in [0.2, 0.25) is 0 Å². The van der Waals surface area contributed by atoms with Gasteiger partial charge in [0.25, 0.3) is 0 Å². The molecule has 2 heterocycles. The van der Waals surface area contributed by atoms with Crippen LogP contribution in [-0.2, 0) is 0 Å². The standard InChI is InChI=1S/C19H30BrN5O2/c1-19(17(23-2)9-14(22)11-21)5-7-25(13-19)6-4-8-27-15-10-18(20)24-12-16(15)26-3/h9-12,23H,4-8,13,21-22H2,1-3H3/b14-11+,17-9+. The topological polar surface area (TPSA) is 98.7 Å². The zero-order valence-electron chi connectivity index (χ0n) is 16.3. The molecule has 5 N–H and O–H groups in total. The number of nitrogens with zero attached hydrogens (tertiary/aromatic N) is 2. The number of hydrogen-bond donors (Lipinski definition) is 3. The minimum absolute atomic E-state index is 0.0441. The van der Waals surface area contributed by atoms with E-state index in [1.54, 1.807) is 13.3 Å². The molecule has 1 atom stereocenters. The summed E-state index contributed by atoms with van der Waals surface area (Å²) in [7, 11) is 3.54. The number of halogens is 1. The number of nitrogens with one attached hydrogen (secondary N) is 1. The van der Waals surface area contributed by atoms with Crippen molar-refractivity contribution in [2.24, 2.45) is 16.9 Å². The van der Waals surface area contributed by atoms with E-state index in [0.29, 0.717) is 23.8 Å². The number of allylic oxidation sites excluding steroid dienone is 1. The largest absolute Gasteiger partial charge is 0.491 e.